The normalized spacial score (nSPS) is 11.0. The van der Waals surface area contributed by atoms with Gasteiger partial charge in [-0.1, -0.05) is 0 Å². The van der Waals surface area contributed by atoms with Crippen molar-refractivity contribution in [3.05, 3.63) is 0 Å². The van der Waals surface area contributed by atoms with Crippen molar-refractivity contribution in [1.82, 2.24) is 0 Å². The quantitative estimate of drug-likeness (QED) is 0.541. The molecular formula is C6H14B2O2. The molecule has 56 valence electrons. The minimum absolute atomic E-state index is 0.119. The van der Waals surface area contributed by atoms with E-state index in [-0.39, 0.29) is 12.2 Å². The molecule has 0 unspecified atom stereocenters. The standard InChI is InChI=1S/C6H14B2O2/c1-5(2)9-8(7)10-6(3)4/h5-6H,1-4H3. The molecule has 10 heavy (non-hydrogen) atoms. The molecule has 0 aliphatic rings. The zero-order chi connectivity index (χ0) is 8.15. The zero-order valence-corrected chi connectivity index (χ0v) is 7.13. The van der Waals surface area contributed by atoms with Gasteiger partial charge in [0.1, 0.15) is 7.74 Å². The van der Waals surface area contributed by atoms with Crippen LogP contribution in [0.5, 0.6) is 0 Å². The van der Waals surface area contributed by atoms with Gasteiger partial charge in [-0.05, 0) is 27.7 Å². The molecule has 0 aliphatic heterocycles. The van der Waals surface area contributed by atoms with Crippen molar-refractivity contribution in [3.63, 3.8) is 0 Å². The second-order valence-corrected chi connectivity index (χ2v) is 2.74. The Morgan fingerprint density at radius 1 is 1.00 bits per heavy atom. The number of hydrogen-bond acceptors (Lipinski definition) is 2. The molecule has 0 rings (SSSR count). The molecule has 0 spiro atoms. The van der Waals surface area contributed by atoms with E-state index in [9.17, 15) is 0 Å². The summed E-state index contributed by atoms with van der Waals surface area (Å²) in [6.45, 7) is 7.68. The number of rotatable bonds is 4. The summed E-state index contributed by atoms with van der Waals surface area (Å²) in [7, 11) is 4.85. The van der Waals surface area contributed by atoms with E-state index in [0.29, 0.717) is 0 Å². The molecule has 0 fully saturated rings. The van der Waals surface area contributed by atoms with Crippen molar-refractivity contribution in [2.24, 2.45) is 0 Å². The molecule has 2 radical (unpaired) electrons. The van der Waals surface area contributed by atoms with Gasteiger partial charge in [-0.25, -0.2) is 0 Å². The molecule has 4 heteroatoms. The van der Waals surface area contributed by atoms with Crippen molar-refractivity contribution in [2.45, 2.75) is 39.9 Å². The summed E-state index contributed by atoms with van der Waals surface area (Å²) >= 11 is 0. The summed E-state index contributed by atoms with van der Waals surface area (Å²) in [4.78, 5) is 0. The molecule has 0 N–H and O–H groups in total. The van der Waals surface area contributed by atoms with Gasteiger partial charge in [0.15, 0.2) is 0 Å². The van der Waals surface area contributed by atoms with Gasteiger partial charge in [0.25, 0.3) is 0 Å². The van der Waals surface area contributed by atoms with E-state index < -0.39 is 7.01 Å². The molecule has 0 atom stereocenters. The highest BCUT2D eigenvalue weighted by atomic mass is 16.6. The maximum Gasteiger partial charge on any atom is 0.387 e. The molecule has 0 amide bonds. The Morgan fingerprint density at radius 3 is 1.50 bits per heavy atom. The molecule has 0 aromatic carbocycles. The van der Waals surface area contributed by atoms with E-state index in [4.69, 9.17) is 17.0 Å². The van der Waals surface area contributed by atoms with Crippen LogP contribution >= 0.6 is 0 Å². The highest BCUT2D eigenvalue weighted by molar-refractivity contribution is 6.95. The molecular weight excluding hydrogens is 126 g/mol. The summed E-state index contributed by atoms with van der Waals surface area (Å²) in [6, 6.07) is 0. The summed E-state index contributed by atoms with van der Waals surface area (Å²) in [5, 5.41) is 0. The van der Waals surface area contributed by atoms with E-state index in [2.05, 4.69) is 0 Å². The van der Waals surface area contributed by atoms with Gasteiger partial charge in [-0.15, -0.1) is 0 Å². The first-order valence-electron chi connectivity index (χ1n) is 3.59. The van der Waals surface area contributed by atoms with Crippen LogP contribution in [0.2, 0.25) is 0 Å². The van der Waals surface area contributed by atoms with Crippen molar-refractivity contribution in [2.75, 3.05) is 0 Å². The van der Waals surface area contributed by atoms with Crippen LogP contribution in [0.3, 0.4) is 0 Å². The first-order chi connectivity index (χ1) is 4.52. The second kappa shape index (κ2) is 4.80. The Morgan fingerprint density at radius 2 is 1.30 bits per heavy atom. The van der Waals surface area contributed by atoms with Crippen LogP contribution in [0.25, 0.3) is 0 Å². The van der Waals surface area contributed by atoms with Gasteiger partial charge >= 0.3 is 7.01 Å². The third-order valence-electron chi connectivity index (χ3n) is 0.813. The van der Waals surface area contributed by atoms with Crippen molar-refractivity contribution < 1.29 is 9.31 Å². The zero-order valence-electron chi connectivity index (χ0n) is 7.13. The fourth-order valence-electron chi connectivity index (χ4n) is 0.569. The summed E-state index contributed by atoms with van der Waals surface area (Å²) in [5.74, 6) is 0. The maximum atomic E-state index is 5.43. The van der Waals surface area contributed by atoms with Crippen LogP contribution in [-0.4, -0.2) is 27.0 Å². The van der Waals surface area contributed by atoms with Crippen LogP contribution in [0, 0.1) is 0 Å². The van der Waals surface area contributed by atoms with Gasteiger partial charge < -0.3 is 9.31 Å². The van der Waals surface area contributed by atoms with Crippen molar-refractivity contribution in [1.29, 1.82) is 0 Å². The van der Waals surface area contributed by atoms with Crippen molar-refractivity contribution in [3.8, 4) is 0 Å². The smallest absolute Gasteiger partial charge is 0.387 e. The average molecular weight is 140 g/mol. The minimum Gasteiger partial charge on any atom is -0.416 e. The molecule has 0 bridgehead atoms. The minimum atomic E-state index is -0.583. The van der Waals surface area contributed by atoms with E-state index in [1.807, 2.05) is 27.7 Å². The fourth-order valence-corrected chi connectivity index (χ4v) is 0.569. The van der Waals surface area contributed by atoms with Crippen LogP contribution in [0.15, 0.2) is 0 Å². The van der Waals surface area contributed by atoms with Crippen molar-refractivity contribution >= 4 is 14.7 Å². The Bertz CT molecular complexity index is 75.8. The summed E-state index contributed by atoms with van der Waals surface area (Å²) < 4.78 is 10.2. The van der Waals surface area contributed by atoms with Crippen LogP contribution in [0.4, 0.5) is 0 Å². The molecule has 0 saturated carbocycles. The maximum absolute atomic E-state index is 5.43. The predicted molar refractivity (Wildman–Crippen MR) is 44.0 cm³/mol. The van der Waals surface area contributed by atoms with Gasteiger partial charge in [0, 0.05) is 12.2 Å². The highest BCUT2D eigenvalue weighted by Gasteiger charge is 2.11. The SMILES string of the molecule is [B]B(OC(C)C)OC(C)C. The topological polar surface area (TPSA) is 18.5 Å². The van der Waals surface area contributed by atoms with Crippen LogP contribution in [0.1, 0.15) is 27.7 Å². The summed E-state index contributed by atoms with van der Waals surface area (Å²) in [6.07, 6.45) is 0.238. The second-order valence-electron chi connectivity index (χ2n) is 2.74. The molecule has 0 heterocycles. The van der Waals surface area contributed by atoms with E-state index >= 15 is 0 Å². The lowest BCUT2D eigenvalue weighted by Gasteiger charge is -2.16. The van der Waals surface area contributed by atoms with Gasteiger partial charge in [-0.2, -0.15) is 0 Å². The van der Waals surface area contributed by atoms with E-state index in [1.54, 1.807) is 0 Å². The van der Waals surface area contributed by atoms with Crippen LogP contribution in [-0.2, 0) is 9.31 Å². The molecule has 0 aromatic heterocycles. The average Bonchev–Trinajstić information content (AvgIpc) is 1.58. The monoisotopic (exact) mass is 140 g/mol. The predicted octanol–water partition coefficient (Wildman–Crippen LogP) is 0.990. The Hall–Kier alpha value is 0.0499. The largest absolute Gasteiger partial charge is 0.416 e. The molecule has 0 aliphatic carbocycles. The Kier molecular flexibility index (Phi) is 4.83. The first-order valence-corrected chi connectivity index (χ1v) is 3.59. The third kappa shape index (κ3) is 6.17. The van der Waals surface area contributed by atoms with Gasteiger partial charge in [0.05, 0.1) is 0 Å². The first kappa shape index (κ1) is 10.0. The number of hydrogen-bond donors (Lipinski definition) is 0. The van der Waals surface area contributed by atoms with E-state index in [1.165, 1.54) is 0 Å². The van der Waals surface area contributed by atoms with E-state index in [0.717, 1.165) is 0 Å². The summed E-state index contributed by atoms with van der Waals surface area (Å²) in [5.41, 5.74) is 0. The third-order valence-corrected chi connectivity index (χ3v) is 0.813. The lowest BCUT2D eigenvalue weighted by atomic mass is 9.62. The Labute approximate surface area is 64.8 Å². The fraction of sp³-hybridized carbons (Fsp3) is 1.00. The molecule has 0 saturated heterocycles. The molecule has 0 aromatic rings. The van der Waals surface area contributed by atoms with Crippen LogP contribution < -0.4 is 0 Å². The lowest BCUT2D eigenvalue weighted by molar-refractivity contribution is 0.144. The Balaban J connectivity index is 3.34. The van der Waals surface area contributed by atoms with Gasteiger partial charge in [0.2, 0.25) is 0 Å². The molecule has 2 nitrogen and oxygen atoms in total. The highest BCUT2D eigenvalue weighted by Crippen LogP contribution is 1.95. The lowest BCUT2D eigenvalue weighted by Crippen LogP contribution is -2.29. The van der Waals surface area contributed by atoms with Gasteiger partial charge in [-0.3, -0.25) is 0 Å².